The minimum atomic E-state index is -0.315. The zero-order chi connectivity index (χ0) is 20.6. The molecule has 1 aromatic rings. The molecule has 0 unspecified atom stereocenters. The van der Waals surface area contributed by atoms with Gasteiger partial charge in [0, 0.05) is 12.2 Å². The maximum atomic E-state index is 13.0. The van der Waals surface area contributed by atoms with Crippen molar-refractivity contribution in [1.29, 1.82) is 0 Å². The molecule has 0 radical (unpaired) electrons. The summed E-state index contributed by atoms with van der Waals surface area (Å²) >= 11 is 0. The Balaban J connectivity index is 1.35. The van der Waals surface area contributed by atoms with E-state index in [1.807, 2.05) is 6.92 Å². The molecule has 0 aromatic heterocycles. The Morgan fingerprint density at radius 3 is 2.38 bits per heavy atom. The predicted octanol–water partition coefficient (Wildman–Crippen LogP) is -0.367. The van der Waals surface area contributed by atoms with Crippen LogP contribution in [0.1, 0.15) is 39.0 Å². The number of carbonyl (C=O) groups is 2. The van der Waals surface area contributed by atoms with Crippen molar-refractivity contribution in [2.75, 3.05) is 44.6 Å². The lowest BCUT2D eigenvalue weighted by atomic mass is 9.89. The first kappa shape index (κ1) is 21.7. The number of quaternary nitrogens is 2. The Hall–Kier alpha value is -1.99. The summed E-state index contributed by atoms with van der Waals surface area (Å²) in [7, 11) is 0. The highest BCUT2D eigenvalue weighted by Crippen LogP contribution is 2.22. The van der Waals surface area contributed by atoms with Crippen molar-refractivity contribution in [3.63, 3.8) is 0 Å². The highest BCUT2D eigenvalue weighted by Gasteiger charge is 2.32. The minimum absolute atomic E-state index is 0.0480. The highest BCUT2D eigenvalue weighted by atomic mass is 19.1. The van der Waals surface area contributed by atoms with Crippen molar-refractivity contribution in [3.8, 4) is 0 Å². The van der Waals surface area contributed by atoms with Crippen LogP contribution in [-0.4, -0.2) is 57.1 Å². The van der Waals surface area contributed by atoms with Crippen molar-refractivity contribution < 1.29 is 23.8 Å². The molecule has 3 rings (SSSR count). The summed E-state index contributed by atoms with van der Waals surface area (Å²) < 4.78 is 13.0. The lowest BCUT2D eigenvalue weighted by Gasteiger charge is -2.32. The maximum Gasteiger partial charge on any atom is 0.279 e. The Morgan fingerprint density at radius 1 is 1.07 bits per heavy atom. The molecule has 1 aliphatic carbocycles. The van der Waals surface area contributed by atoms with Crippen LogP contribution in [0.3, 0.4) is 0 Å². The molecule has 1 saturated carbocycles. The second kappa shape index (κ2) is 10.7. The first-order valence-electron chi connectivity index (χ1n) is 11.0. The smallest absolute Gasteiger partial charge is 0.279 e. The van der Waals surface area contributed by atoms with Crippen LogP contribution >= 0.6 is 0 Å². The van der Waals surface area contributed by atoms with Gasteiger partial charge in [-0.05, 0) is 49.9 Å². The number of nitrogens with one attached hydrogen (secondary N) is 4. The van der Waals surface area contributed by atoms with Crippen LogP contribution < -0.4 is 20.4 Å². The Bertz CT molecular complexity index is 668. The number of rotatable bonds is 7. The van der Waals surface area contributed by atoms with Crippen LogP contribution in [-0.2, 0) is 9.59 Å². The van der Waals surface area contributed by atoms with E-state index in [4.69, 9.17) is 0 Å². The van der Waals surface area contributed by atoms with E-state index in [1.165, 1.54) is 54.0 Å². The fraction of sp³-hybridized carbons (Fsp3) is 0.636. The summed E-state index contributed by atoms with van der Waals surface area (Å²) in [5.41, 5.74) is 0.614. The van der Waals surface area contributed by atoms with Crippen molar-refractivity contribution in [3.05, 3.63) is 30.1 Å². The summed E-state index contributed by atoms with van der Waals surface area (Å²) in [6, 6.07) is 5.76. The van der Waals surface area contributed by atoms with Gasteiger partial charge in [-0.15, -0.1) is 0 Å². The van der Waals surface area contributed by atoms with E-state index in [2.05, 4.69) is 10.6 Å². The Labute approximate surface area is 172 Å². The van der Waals surface area contributed by atoms with Gasteiger partial charge in [-0.2, -0.15) is 0 Å². The molecule has 7 heteroatoms. The number of hydrogen-bond donors (Lipinski definition) is 4. The van der Waals surface area contributed by atoms with Gasteiger partial charge in [-0.1, -0.05) is 19.3 Å². The minimum Gasteiger partial charge on any atom is -0.351 e. The van der Waals surface area contributed by atoms with E-state index in [1.54, 1.807) is 12.1 Å². The van der Waals surface area contributed by atoms with Gasteiger partial charge in [0.1, 0.15) is 32.0 Å². The summed E-state index contributed by atoms with van der Waals surface area (Å²) in [4.78, 5) is 27.3. The van der Waals surface area contributed by atoms with E-state index in [-0.39, 0.29) is 23.7 Å². The van der Waals surface area contributed by atoms with Crippen molar-refractivity contribution in [1.82, 2.24) is 5.32 Å². The molecule has 160 valence electrons. The molecule has 0 spiro atoms. The summed E-state index contributed by atoms with van der Waals surface area (Å²) in [6.07, 6.45) is 6.40. The average molecular weight is 407 g/mol. The monoisotopic (exact) mass is 406 g/mol. The molecule has 2 amide bonds. The number of hydrogen-bond acceptors (Lipinski definition) is 2. The van der Waals surface area contributed by atoms with Crippen LogP contribution in [0.5, 0.6) is 0 Å². The maximum absolute atomic E-state index is 13.0. The molecule has 1 aliphatic heterocycles. The van der Waals surface area contributed by atoms with Crippen molar-refractivity contribution in [2.24, 2.45) is 5.92 Å². The molecule has 1 heterocycles. The average Bonchev–Trinajstić information content (AvgIpc) is 2.74. The highest BCUT2D eigenvalue weighted by molar-refractivity contribution is 5.91. The van der Waals surface area contributed by atoms with E-state index >= 15 is 0 Å². The van der Waals surface area contributed by atoms with Gasteiger partial charge < -0.3 is 20.4 Å². The van der Waals surface area contributed by atoms with Crippen LogP contribution in [0.4, 0.5) is 10.1 Å². The number of benzene rings is 1. The van der Waals surface area contributed by atoms with E-state index < -0.39 is 0 Å². The fourth-order valence-electron chi connectivity index (χ4n) is 4.47. The molecule has 1 aromatic carbocycles. The fourth-order valence-corrected chi connectivity index (χ4v) is 4.47. The topological polar surface area (TPSA) is 67.1 Å². The van der Waals surface area contributed by atoms with Gasteiger partial charge in [0.15, 0.2) is 12.6 Å². The van der Waals surface area contributed by atoms with E-state index in [9.17, 15) is 14.0 Å². The Morgan fingerprint density at radius 2 is 1.72 bits per heavy atom. The third-order valence-corrected chi connectivity index (χ3v) is 6.43. The van der Waals surface area contributed by atoms with Crippen molar-refractivity contribution >= 4 is 17.5 Å². The zero-order valence-corrected chi connectivity index (χ0v) is 17.4. The molecule has 4 N–H and O–H groups in total. The second-order valence-corrected chi connectivity index (χ2v) is 8.61. The third kappa shape index (κ3) is 6.78. The number of piperazine rings is 1. The number of carbonyl (C=O) groups excluding carboxylic acids is 2. The van der Waals surface area contributed by atoms with Crippen LogP contribution in [0.15, 0.2) is 24.3 Å². The van der Waals surface area contributed by atoms with Crippen molar-refractivity contribution in [2.45, 2.75) is 45.1 Å². The molecular formula is C22H35FN4O2+2. The second-order valence-electron chi connectivity index (χ2n) is 8.61. The van der Waals surface area contributed by atoms with E-state index in [0.717, 1.165) is 32.7 Å². The first-order chi connectivity index (χ1) is 14.0. The van der Waals surface area contributed by atoms with Crippen LogP contribution in [0, 0.1) is 11.7 Å². The van der Waals surface area contributed by atoms with Gasteiger partial charge in [0.25, 0.3) is 11.8 Å². The SMILES string of the molecule is C[C@@H](C(=O)NCC1CCCCC1)[NH+]1CC[NH+](CC(=O)Nc2ccc(F)cc2)CC1. The summed E-state index contributed by atoms with van der Waals surface area (Å²) in [5.74, 6) is 0.428. The standard InChI is InChI=1S/C22H33FN4O2/c1-17(22(29)24-15-18-5-3-2-4-6-18)27-13-11-26(12-14-27)16-21(28)25-20-9-7-19(23)8-10-20/h7-10,17-18H,2-6,11-16H2,1H3,(H,24,29)(H,25,28)/p+2/t17-/m0/s1. The number of amides is 2. The Kier molecular flexibility index (Phi) is 8.00. The molecule has 2 aliphatic rings. The van der Waals surface area contributed by atoms with Gasteiger partial charge >= 0.3 is 0 Å². The molecule has 29 heavy (non-hydrogen) atoms. The zero-order valence-electron chi connectivity index (χ0n) is 17.4. The summed E-state index contributed by atoms with van der Waals surface area (Å²) in [6.45, 7) is 6.73. The predicted molar refractivity (Wildman–Crippen MR) is 110 cm³/mol. The number of anilines is 1. The lowest BCUT2D eigenvalue weighted by molar-refractivity contribution is -1.01. The van der Waals surface area contributed by atoms with Gasteiger partial charge in [0.05, 0.1) is 0 Å². The van der Waals surface area contributed by atoms with Crippen LogP contribution in [0.25, 0.3) is 0 Å². The molecule has 6 nitrogen and oxygen atoms in total. The normalized spacial score (nSPS) is 23.9. The van der Waals surface area contributed by atoms with Gasteiger partial charge in [-0.25, -0.2) is 4.39 Å². The molecule has 1 saturated heterocycles. The van der Waals surface area contributed by atoms with E-state index in [0.29, 0.717) is 18.2 Å². The molecule has 1 atom stereocenters. The first-order valence-corrected chi connectivity index (χ1v) is 11.0. The third-order valence-electron chi connectivity index (χ3n) is 6.43. The molecular weight excluding hydrogens is 371 g/mol. The largest absolute Gasteiger partial charge is 0.351 e. The summed E-state index contributed by atoms with van der Waals surface area (Å²) in [5, 5.41) is 5.99. The van der Waals surface area contributed by atoms with Gasteiger partial charge in [0.2, 0.25) is 0 Å². The number of halogens is 1. The molecule has 0 bridgehead atoms. The van der Waals surface area contributed by atoms with Gasteiger partial charge in [-0.3, -0.25) is 9.59 Å². The quantitative estimate of drug-likeness (QED) is 0.499. The lowest BCUT2D eigenvalue weighted by Crippen LogP contribution is -3.30. The molecule has 2 fully saturated rings. The van der Waals surface area contributed by atoms with Crippen LogP contribution in [0.2, 0.25) is 0 Å².